The van der Waals surface area contributed by atoms with Gasteiger partial charge in [-0.3, -0.25) is 4.57 Å². The van der Waals surface area contributed by atoms with E-state index in [0.717, 1.165) is 52.6 Å². The molecular formula is C24H22N6O3. The van der Waals surface area contributed by atoms with E-state index in [0.29, 0.717) is 32.4 Å². The van der Waals surface area contributed by atoms with Crippen LogP contribution in [-0.2, 0) is 21.6 Å². The molecule has 1 N–H and O–H groups in total. The first kappa shape index (κ1) is 19.0. The number of pyridine rings is 1. The number of rotatable bonds is 3. The standard InChI is InChI=1S/C24H22N6O3/c1-2-4-20-17(3-1)24(14-33-20)13-32-12-21-28-19-6-5-18(29-22(19)30(21)24)15-9-25-23(26-10-15)27-16-7-8-31-11-16/h1-6,9-10,16H,7-8,11-14H2,(H,25,26,27). The lowest BCUT2D eigenvalue weighted by molar-refractivity contribution is 0.0134. The van der Waals surface area contributed by atoms with Gasteiger partial charge in [0, 0.05) is 30.1 Å². The molecule has 2 atom stereocenters. The van der Waals surface area contributed by atoms with Gasteiger partial charge in [-0.1, -0.05) is 18.2 Å². The molecule has 3 aromatic heterocycles. The second-order valence-electron chi connectivity index (χ2n) is 8.71. The van der Waals surface area contributed by atoms with Gasteiger partial charge in [-0.2, -0.15) is 0 Å². The van der Waals surface area contributed by atoms with Crippen molar-refractivity contribution in [2.75, 3.05) is 31.7 Å². The highest BCUT2D eigenvalue weighted by Gasteiger charge is 2.47. The molecule has 33 heavy (non-hydrogen) atoms. The zero-order valence-corrected chi connectivity index (χ0v) is 17.9. The van der Waals surface area contributed by atoms with Crippen LogP contribution in [0.25, 0.3) is 22.4 Å². The van der Waals surface area contributed by atoms with Crippen molar-refractivity contribution in [3.63, 3.8) is 0 Å². The molecule has 1 spiro atoms. The van der Waals surface area contributed by atoms with Crippen LogP contribution in [0.4, 0.5) is 5.95 Å². The maximum Gasteiger partial charge on any atom is 0.222 e. The summed E-state index contributed by atoms with van der Waals surface area (Å²) >= 11 is 0. The molecule has 3 aliphatic heterocycles. The Bertz CT molecular complexity index is 1350. The quantitative estimate of drug-likeness (QED) is 0.518. The van der Waals surface area contributed by atoms with Crippen LogP contribution in [-0.4, -0.2) is 57.0 Å². The van der Waals surface area contributed by atoms with E-state index in [1.165, 1.54) is 0 Å². The SMILES string of the molecule is c1ccc2c(c1)OCC21COCc2nc3ccc(-c4cnc(NC5CCOC5)nc4)nc3n21. The molecule has 0 aliphatic carbocycles. The molecule has 166 valence electrons. The molecule has 1 aromatic carbocycles. The Morgan fingerprint density at radius 3 is 2.79 bits per heavy atom. The Labute approximate surface area is 189 Å². The molecule has 9 nitrogen and oxygen atoms in total. The van der Waals surface area contributed by atoms with E-state index in [1.54, 1.807) is 12.4 Å². The number of ether oxygens (including phenoxy) is 3. The summed E-state index contributed by atoms with van der Waals surface area (Å²) < 4.78 is 19.6. The number of nitrogens with zero attached hydrogens (tertiary/aromatic N) is 5. The van der Waals surface area contributed by atoms with Crippen LogP contribution in [0.15, 0.2) is 48.8 Å². The molecule has 2 unspecified atom stereocenters. The fraction of sp³-hybridized carbons (Fsp3) is 0.333. The predicted molar refractivity (Wildman–Crippen MR) is 120 cm³/mol. The lowest BCUT2D eigenvalue weighted by Gasteiger charge is -2.34. The Balaban J connectivity index is 1.29. The number of hydrogen-bond acceptors (Lipinski definition) is 8. The van der Waals surface area contributed by atoms with E-state index in [-0.39, 0.29) is 6.04 Å². The summed E-state index contributed by atoms with van der Waals surface area (Å²) in [6, 6.07) is 12.4. The maximum absolute atomic E-state index is 6.06. The topological polar surface area (TPSA) is 96.2 Å². The summed E-state index contributed by atoms with van der Waals surface area (Å²) in [5.74, 6) is 2.35. The molecular weight excluding hydrogens is 420 g/mol. The van der Waals surface area contributed by atoms with E-state index in [4.69, 9.17) is 24.2 Å². The average Bonchev–Trinajstić information content (AvgIpc) is 3.58. The van der Waals surface area contributed by atoms with Crippen LogP contribution in [0, 0.1) is 0 Å². The molecule has 6 heterocycles. The number of aromatic nitrogens is 5. The van der Waals surface area contributed by atoms with E-state index in [2.05, 4.69) is 25.9 Å². The fourth-order valence-electron chi connectivity index (χ4n) is 5.01. The zero-order valence-electron chi connectivity index (χ0n) is 17.9. The molecule has 0 radical (unpaired) electrons. The van der Waals surface area contributed by atoms with Gasteiger partial charge in [-0.25, -0.2) is 19.9 Å². The predicted octanol–water partition coefficient (Wildman–Crippen LogP) is 2.76. The molecule has 1 saturated heterocycles. The van der Waals surface area contributed by atoms with Crippen molar-refractivity contribution >= 4 is 17.1 Å². The van der Waals surface area contributed by atoms with Crippen molar-refractivity contribution in [2.45, 2.75) is 24.6 Å². The van der Waals surface area contributed by atoms with Gasteiger partial charge in [0.1, 0.15) is 35.8 Å². The Morgan fingerprint density at radius 2 is 1.91 bits per heavy atom. The largest absolute Gasteiger partial charge is 0.490 e. The van der Waals surface area contributed by atoms with Crippen molar-refractivity contribution in [1.29, 1.82) is 0 Å². The van der Waals surface area contributed by atoms with Crippen LogP contribution in [0.5, 0.6) is 5.75 Å². The average molecular weight is 442 g/mol. The Hall–Kier alpha value is -3.56. The van der Waals surface area contributed by atoms with Crippen molar-refractivity contribution < 1.29 is 14.2 Å². The van der Waals surface area contributed by atoms with Crippen LogP contribution in [0.1, 0.15) is 17.8 Å². The van der Waals surface area contributed by atoms with Crippen LogP contribution < -0.4 is 10.1 Å². The molecule has 4 aromatic rings. The molecule has 0 bridgehead atoms. The highest BCUT2D eigenvalue weighted by atomic mass is 16.5. The minimum atomic E-state index is -0.474. The second-order valence-corrected chi connectivity index (χ2v) is 8.71. The minimum absolute atomic E-state index is 0.263. The summed E-state index contributed by atoms with van der Waals surface area (Å²) in [5, 5.41) is 3.32. The number of para-hydroxylation sites is 1. The van der Waals surface area contributed by atoms with Gasteiger partial charge in [0.05, 0.1) is 24.9 Å². The third kappa shape index (κ3) is 2.93. The van der Waals surface area contributed by atoms with Crippen molar-refractivity contribution in [3.05, 3.63) is 60.2 Å². The van der Waals surface area contributed by atoms with E-state index in [1.807, 2.05) is 30.3 Å². The summed E-state index contributed by atoms with van der Waals surface area (Å²) in [4.78, 5) is 18.8. The summed E-state index contributed by atoms with van der Waals surface area (Å²) in [6.07, 6.45) is 4.58. The minimum Gasteiger partial charge on any atom is -0.490 e. The molecule has 9 heteroatoms. The summed E-state index contributed by atoms with van der Waals surface area (Å²) in [5.41, 5.74) is 3.93. The number of hydrogen-bond donors (Lipinski definition) is 1. The first-order chi connectivity index (χ1) is 16.3. The van der Waals surface area contributed by atoms with Crippen LogP contribution in [0.2, 0.25) is 0 Å². The number of imidazole rings is 1. The van der Waals surface area contributed by atoms with E-state index >= 15 is 0 Å². The Morgan fingerprint density at radius 1 is 1.00 bits per heavy atom. The molecule has 1 fully saturated rings. The van der Waals surface area contributed by atoms with E-state index < -0.39 is 5.54 Å². The van der Waals surface area contributed by atoms with Gasteiger partial charge in [-0.15, -0.1) is 0 Å². The first-order valence-electron chi connectivity index (χ1n) is 11.2. The van der Waals surface area contributed by atoms with Crippen LogP contribution in [0.3, 0.4) is 0 Å². The maximum atomic E-state index is 6.06. The second kappa shape index (κ2) is 7.23. The third-order valence-corrected chi connectivity index (χ3v) is 6.64. The highest BCUT2D eigenvalue weighted by molar-refractivity contribution is 5.77. The number of anilines is 1. The molecule has 3 aliphatic rings. The van der Waals surface area contributed by atoms with Gasteiger partial charge in [0.2, 0.25) is 5.95 Å². The van der Waals surface area contributed by atoms with E-state index in [9.17, 15) is 0 Å². The van der Waals surface area contributed by atoms with Gasteiger partial charge in [0.15, 0.2) is 5.65 Å². The van der Waals surface area contributed by atoms with Gasteiger partial charge < -0.3 is 19.5 Å². The lowest BCUT2D eigenvalue weighted by Crippen LogP contribution is -2.45. The summed E-state index contributed by atoms with van der Waals surface area (Å²) in [7, 11) is 0. The molecule has 0 amide bonds. The van der Waals surface area contributed by atoms with Crippen molar-refractivity contribution in [2.24, 2.45) is 0 Å². The monoisotopic (exact) mass is 442 g/mol. The van der Waals surface area contributed by atoms with Crippen molar-refractivity contribution in [1.82, 2.24) is 24.5 Å². The number of nitrogens with one attached hydrogen (secondary N) is 1. The molecule has 0 saturated carbocycles. The summed E-state index contributed by atoms with van der Waals surface area (Å²) in [6.45, 7) is 2.92. The lowest BCUT2D eigenvalue weighted by atomic mass is 9.91. The normalized spacial score (nSPS) is 23.5. The zero-order chi connectivity index (χ0) is 21.8. The third-order valence-electron chi connectivity index (χ3n) is 6.64. The highest BCUT2D eigenvalue weighted by Crippen LogP contribution is 2.44. The van der Waals surface area contributed by atoms with Gasteiger partial charge in [0.25, 0.3) is 0 Å². The smallest absolute Gasteiger partial charge is 0.222 e. The Kier molecular flexibility index (Phi) is 4.15. The number of fused-ring (bicyclic) bond motifs is 6. The van der Waals surface area contributed by atoms with Gasteiger partial charge >= 0.3 is 0 Å². The van der Waals surface area contributed by atoms with Gasteiger partial charge in [-0.05, 0) is 24.6 Å². The number of benzene rings is 1. The van der Waals surface area contributed by atoms with Crippen molar-refractivity contribution in [3.8, 4) is 17.0 Å². The first-order valence-corrected chi connectivity index (χ1v) is 11.2. The molecule has 7 rings (SSSR count). The van der Waals surface area contributed by atoms with Crippen LogP contribution >= 0.6 is 0 Å². The fourth-order valence-corrected chi connectivity index (χ4v) is 5.01.